The van der Waals surface area contributed by atoms with E-state index in [4.69, 9.17) is 15.2 Å². The number of amides is 1. The van der Waals surface area contributed by atoms with Crippen molar-refractivity contribution in [2.75, 3.05) is 7.11 Å². The lowest BCUT2D eigenvalue weighted by Crippen LogP contribution is -2.30. The van der Waals surface area contributed by atoms with E-state index in [0.29, 0.717) is 17.4 Å². The van der Waals surface area contributed by atoms with E-state index in [-0.39, 0.29) is 0 Å². The quantitative estimate of drug-likeness (QED) is 0.858. The lowest BCUT2D eigenvalue weighted by atomic mass is 10.1. The average molecular weight is 316 g/mol. The van der Waals surface area contributed by atoms with Gasteiger partial charge in [0.15, 0.2) is 6.10 Å². The summed E-state index contributed by atoms with van der Waals surface area (Å²) in [5, 5.41) is 0.774. The smallest absolute Gasteiger partial charge is 0.341 e. The number of aromatic nitrogens is 1. The number of ether oxygens (including phenoxy) is 2. The van der Waals surface area contributed by atoms with E-state index in [0.717, 1.165) is 29.4 Å². The van der Waals surface area contributed by atoms with Gasteiger partial charge in [-0.25, -0.2) is 4.79 Å². The van der Waals surface area contributed by atoms with Gasteiger partial charge in [0.25, 0.3) is 5.91 Å². The van der Waals surface area contributed by atoms with Crippen molar-refractivity contribution in [3.63, 3.8) is 0 Å². The van der Waals surface area contributed by atoms with Crippen LogP contribution in [-0.2, 0) is 9.53 Å². The van der Waals surface area contributed by atoms with Crippen molar-refractivity contribution in [3.05, 3.63) is 29.5 Å². The minimum Gasteiger partial charge on any atom is -0.497 e. The number of methoxy groups -OCH3 is 1. The first kappa shape index (κ1) is 15.4. The standard InChI is InChI=1S/C17H20N2O4/c1-9-15(17(21)23-10(2)16(18)20)13-8-12(22-3)6-7-14(13)19(9)11-4-5-11/h6-8,10-11H,4-5H2,1-3H3,(H2,18,20). The van der Waals surface area contributed by atoms with Crippen molar-refractivity contribution in [1.29, 1.82) is 0 Å². The molecule has 1 aliphatic rings. The molecule has 23 heavy (non-hydrogen) atoms. The molecule has 2 N–H and O–H groups in total. The van der Waals surface area contributed by atoms with Crippen molar-refractivity contribution >= 4 is 22.8 Å². The summed E-state index contributed by atoms with van der Waals surface area (Å²) in [5.74, 6) is -0.534. The highest BCUT2D eigenvalue weighted by Crippen LogP contribution is 2.42. The van der Waals surface area contributed by atoms with Gasteiger partial charge in [-0.15, -0.1) is 0 Å². The molecule has 1 aromatic carbocycles. The first-order valence-corrected chi connectivity index (χ1v) is 7.63. The number of primary amides is 1. The van der Waals surface area contributed by atoms with Gasteiger partial charge in [-0.3, -0.25) is 4.79 Å². The van der Waals surface area contributed by atoms with Crippen LogP contribution in [0.1, 0.15) is 41.9 Å². The van der Waals surface area contributed by atoms with Gasteiger partial charge in [0, 0.05) is 22.6 Å². The van der Waals surface area contributed by atoms with Crippen LogP contribution in [0.3, 0.4) is 0 Å². The maximum atomic E-state index is 12.6. The van der Waals surface area contributed by atoms with E-state index in [1.807, 2.05) is 25.1 Å². The minimum absolute atomic E-state index is 0.418. The van der Waals surface area contributed by atoms with Crippen molar-refractivity contribution in [3.8, 4) is 5.75 Å². The molecule has 6 heteroatoms. The molecule has 3 rings (SSSR count). The molecule has 0 radical (unpaired) electrons. The van der Waals surface area contributed by atoms with E-state index in [2.05, 4.69) is 4.57 Å². The molecule has 1 unspecified atom stereocenters. The molecule has 1 fully saturated rings. The highest BCUT2D eigenvalue weighted by molar-refractivity contribution is 6.07. The predicted octanol–water partition coefficient (Wildman–Crippen LogP) is 2.32. The summed E-state index contributed by atoms with van der Waals surface area (Å²) in [7, 11) is 1.58. The van der Waals surface area contributed by atoms with E-state index in [1.165, 1.54) is 6.92 Å². The molecule has 1 heterocycles. The van der Waals surface area contributed by atoms with Crippen molar-refractivity contribution in [2.24, 2.45) is 5.73 Å². The summed E-state index contributed by atoms with van der Waals surface area (Å²) in [4.78, 5) is 23.7. The van der Waals surface area contributed by atoms with Crippen LogP contribution in [-0.4, -0.2) is 29.7 Å². The number of hydrogen-bond donors (Lipinski definition) is 1. The average Bonchev–Trinajstić information content (AvgIpc) is 3.29. The van der Waals surface area contributed by atoms with Gasteiger partial charge in [-0.2, -0.15) is 0 Å². The molecule has 0 aliphatic heterocycles. The van der Waals surface area contributed by atoms with E-state index in [1.54, 1.807) is 7.11 Å². The first-order chi connectivity index (χ1) is 10.9. The van der Waals surface area contributed by atoms with Crippen LogP contribution in [0, 0.1) is 6.92 Å². The highest BCUT2D eigenvalue weighted by Gasteiger charge is 2.31. The number of fused-ring (bicyclic) bond motifs is 1. The SMILES string of the molecule is COc1ccc2c(c1)c(C(=O)OC(C)C(N)=O)c(C)n2C1CC1. The number of esters is 1. The Balaban J connectivity index is 2.12. The lowest BCUT2D eigenvalue weighted by molar-refractivity contribution is -0.125. The Bertz CT molecular complexity index is 789. The third kappa shape index (κ3) is 2.65. The zero-order valence-electron chi connectivity index (χ0n) is 13.5. The molecule has 0 saturated heterocycles. The lowest BCUT2D eigenvalue weighted by Gasteiger charge is -2.10. The summed E-state index contributed by atoms with van der Waals surface area (Å²) in [6.45, 7) is 3.37. The van der Waals surface area contributed by atoms with Gasteiger partial charge in [0.2, 0.25) is 0 Å². The second-order valence-electron chi connectivity index (χ2n) is 5.89. The Morgan fingerprint density at radius 1 is 1.35 bits per heavy atom. The Morgan fingerprint density at radius 3 is 2.61 bits per heavy atom. The molecule has 122 valence electrons. The molecular formula is C17H20N2O4. The van der Waals surface area contributed by atoms with Gasteiger partial charge in [0.05, 0.1) is 12.7 Å². The molecule has 1 amide bonds. The van der Waals surface area contributed by atoms with Crippen LogP contribution in [0.2, 0.25) is 0 Å². The number of carbonyl (C=O) groups is 2. The largest absolute Gasteiger partial charge is 0.497 e. The van der Waals surface area contributed by atoms with E-state index in [9.17, 15) is 9.59 Å². The van der Waals surface area contributed by atoms with E-state index < -0.39 is 18.0 Å². The fourth-order valence-corrected chi connectivity index (χ4v) is 2.89. The second-order valence-corrected chi connectivity index (χ2v) is 5.89. The molecule has 1 saturated carbocycles. The van der Waals surface area contributed by atoms with Crippen LogP contribution in [0.5, 0.6) is 5.75 Å². The van der Waals surface area contributed by atoms with Crippen LogP contribution in [0.25, 0.3) is 10.9 Å². The molecule has 2 aromatic rings. The number of hydrogen-bond acceptors (Lipinski definition) is 4. The fraction of sp³-hybridized carbons (Fsp3) is 0.412. The number of benzene rings is 1. The summed E-state index contributed by atoms with van der Waals surface area (Å²) in [5.41, 5.74) is 7.47. The van der Waals surface area contributed by atoms with Gasteiger partial charge < -0.3 is 19.8 Å². The Hall–Kier alpha value is -2.50. The Kier molecular flexibility index (Phi) is 3.75. The first-order valence-electron chi connectivity index (χ1n) is 7.63. The van der Waals surface area contributed by atoms with Crippen molar-refractivity contribution < 1.29 is 19.1 Å². The van der Waals surface area contributed by atoms with Gasteiger partial charge >= 0.3 is 5.97 Å². The molecule has 1 aliphatic carbocycles. The van der Waals surface area contributed by atoms with Gasteiger partial charge in [-0.1, -0.05) is 0 Å². The summed E-state index contributed by atoms with van der Waals surface area (Å²) < 4.78 is 12.6. The maximum absolute atomic E-state index is 12.6. The van der Waals surface area contributed by atoms with E-state index >= 15 is 0 Å². The van der Waals surface area contributed by atoms with Crippen molar-refractivity contribution in [2.45, 2.75) is 38.8 Å². The van der Waals surface area contributed by atoms with Crippen LogP contribution in [0.4, 0.5) is 0 Å². The summed E-state index contributed by atoms with van der Waals surface area (Å²) in [6.07, 6.45) is 1.23. The second kappa shape index (κ2) is 5.61. The summed E-state index contributed by atoms with van der Waals surface area (Å²) in [6, 6.07) is 6.07. The molecule has 6 nitrogen and oxygen atoms in total. The van der Waals surface area contributed by atoms with Gasteiger partial charge in [0.1, 0.15) is 5.75 Å². The van der Waals surface area contributed by atoms with Crippen LogP contribution < -0.4 is 10.5 Å². The highest BCUT2D eigenvalue weighted by atomic mass is 16.5. The third-order valence-corrected chi connectivity index (χ3v) is 4.26. The number of nitrogens with two attached hydrogens (primary N) is 1. The molecule has 1 aromatic heterocycles. The zero-order valence-corrected chi connectivity index (χ0v) is 13.5. The van der Waals surface area contributed by atoms with Crippen LogP contribution in [0.15, 0.2) is 18.2 Å². The molecule has 0 bridgehead atoms. The minimum atomic E-state index is -0.966. The van der Waals surface area contributed by atoms with Crippen LogP contribution >= 0.6 is 0 Å². The number of nitrogens with zero attached hydrogens (tertiary/aromatic N) is 1. The van der Waals surface area contributed by atoms with Gasteiger partial charge in [-0.05, 0) is 44.9 Å². The normalized spacial score (nSPS) is 15.4. The monoisotopic (exact) mass is 316 g/mol. The molecule has 0 spiro atoms. The number of carbonyl (C=O) groups excluding carboxylic acids is 2. The topological polar surface area (TPSA) is 83.6 Å². The Morgan fingerprint density at radius 2 is 2.04 bits per heavy atom. The fourth-order valence-electron chi connectivity index (χ4n) is 2.89. The summed E-state index contributed by atoms with van der Waals surface area (Å²) >= 11 is 0. The Labute approximate surface area is 134 Å². The third-order valence-electron chi connectivity index (χ3n) is 4.26. The maximum Gasteiger partial charge on any atom is 0.341 e. The molecule has 1 atom stereocenters. The zero-order chi connectivity index (χ0) is 16.7. The molecular weight excluding hydrogens is 296 g/mol. The predicted molar refractivity (Wildman–Crippen MR) is 85.6 cm³/mol. The van der Waals surface area contributed by atoms with Crippen molar-refractivity contribution in [1.82, 2.24) is 4.57 Å². The number of rotatable bonds is 5.